The highest BCUT2D eigenvalue weighted by Gasteiger charge is 2.61. The molecule has 428 valence electrons. The number of hydrogen-bond donors (Lipinski definition) is 2. The molecule has 2 unspecified atom stereocenters. The van der Waals surface area contributed by atoms with Gasteiger partial charge in [-0.3, -0.25) is 29.4 Å². The molecule has 2 saturated heterocycles. The first-order valence-corrected chi connectivity index (χ1v) is 25.3. The molecule has 2 fully saturated rings. The molecule has 0 bridgehead atoms. The van der Waals surface area contributed by atoms with Crippen molar-refractivity contribution in [2.24, 2.45) is 0 Å². The van der Waals surface area contributed by atoms with E-state index in [-0.39, 0.29) is 77.3 Å². The summed E-state index contributed by atoms with van der Waals surface area (Å²) in [5.41, 5.74) is -8.62. The van der Waals surface area contributed by atoms with Crippen LogP contribution < -0.4 is 15.1 Å². The van der Waals surface area contributed by atoms with E-state index in [0.717, 1.165) is 46.5 Å². The van der Waals surface area contributed by atoms with E-state index in [1.165, 1.54) is 24.3 Å². The van der Waals surface area contributed by atoms with E-state index in [9.17, 15) is 71.9 Å². The third-order valence-electron chi connectivity index (χ3n) is 13.5. The molecule has 0 radical (unpaired) electrons. The van der Waals surface area contributed by atoms with E-state index in [0.29, 0.717) is 16.0 Å². The first kappa shape index (κ1) is 60.9. The van der Waals surface area contributed by atoms with Crippen LogP contribution in [0.5, 0.6) is 0 Å². The number of benzene rings is 4. The Morgan fingerprint density at radius 2 is 0.877 bits per heavy atom. The Balaban J connectivity index is 0.000000183. The smallest absolute Gasteiger partial charge is 0.392 e. The molecule has 2 aromatic heterocycles. The molecule has 6 heterocycles. The maximum Gasteiger partial charge on any atom is 0.433 e. The number of halogens is 18. The third-order valence-corrected chi connectivity index (χ3v) is 15.9. The van der Waals surface area contributed by atoms with Crippen molar-refractivity contribution in [3.63, 3.8) is 0 Å². The van der Waals surface area contributed by atoms with E-state index in [1.807, 2.05) is 0 Å². The Kier molecular flexibility index (Phi) is 16.9. The Morgan fingerprint density at radius 3 is 1.22 bits per heavy atom. The topological polar surface area (TPSA) is 162 Å². The van der Waals surface area contributed by atoms with Crippen LogP contribution in [0, 0.1) is 0 Å². The largest absolute Gasteiger partial charge is 0.433 e. The summed E-state index contributed by atoms with van der Waals surface area (Å²) in [4.78, 5) is 64.4. The second-order valence-corrected chi connectivity index (χ2v) is 20.7. The minimum absolute atomic E-state index is 0.0431. The van der Waals surface area contributed by atoms with Gasteiger partial charge in [0.1, 0.15) is 10.8 Å². The highest BCUT2D eigenvalue weighted by molar-refractivity contribution is 6.48. The number of fused-ring (bicyclic) bond motifs is 2. The predicted octanol–water partition coefficient (Wildman–Crippen LogP) is 13.2. The number of alkyl halides is 12. The highest BCUT2D eigenvalue weighted by Crippen LogP contribution is 2.52. The Labute approximate surface area is 478 Å². The summed E-state index contributed by atoms with van der Waals surface area (Å²) in [5.74, 6) is -3.30. The Morgan fingerprint density at radius 1 is 0.531 bits per heavy atom. The zero-order valence-electron chi connectivity index (χ0n) is 40.3. The maximum atomic E-state index is 14.5. The van der Waals surface area contributed by atoms with E-state index in [1.54, 1.807) is 24.3 Å². The molecule has 81 heavy (non-hydrogen) atoms. The quantitative estimate of drug-likeness (QED) is 0.0889. The van der Waals surface area contributed by atoms with Crippen LogP contribution in [0.2, 0.25) is 30.1 Å². The van der Waals surface area contributed by atoms with Crippen LogP contribution in [0.1, 0.15) is 87.9 Å². The van der Waals surface area contributed by atoms with Gasteiger partial charge in [0.15, 0.2) is 11.4 Å². The van der Waals surface area contributed by atoms with Crippen LogP contribution in [0.25, 0.3) is 0 Å². The minimum atomic E-state index is -5.07. The zero-order valence-corrected chi connectivity index (χ0v) is 44.8. The molecule has 4 aliphatic rings. The van der Waals surface area contributed by atoms with Gasteiger partial charge in [-0.2, -0.15) is 52.7 Å². The number of carbonyl (C=O) groups is 4. The molecule has 6 aromatic rings. The second-order valence-electron chi connectivity index (χ2n) is 18.3. The van der Waals surface area contributed by atoms with Gasteiger partial charge in [0.25, 0.3) is 23.6 Å². The molecule has 10 rings (SSSR count). The number of anilines is 2. The summed E-state index contributed by atoms with van der Waals surface area (Å²) in [5, 5.41) is 10.3. The SMILES string of the molecule is O=C1NC(=O)c2ccccc21.O=C1c2ccccc2C(=O)N1Cc1cnc(N2CCC(c3cc(Cl)c(Cl)c(Cl)c3)(C(F)(F)F)C2)nc1C(F)(F)F.OCc1cnc(N2CCC(c3cc(Cl)c(Cl)c(Cl)c3)(C(F)(F)F)C2)nc1C(F)(F)F. The van der Waals surface area contributed by atoms with Gasteiger partial charge >= 0.3 is 24.7 Å². The molecule has 4 aromatic carbocycles. The van der Waals surface area contributed by atoms with Gasteiger partial charge in [-0.05, 0) is 72.5 Å². The fourth-order valence-corrected chi connectivity index (χ4v) is 10.6. The highest BCUT2D eigenvalue weighted by atomic mass is 35.5. The molecule has 2 atom stereocenters. The molecule has 4 amide bonds. The molecule has 31 heteroatoms. The third kappa shape index (κ3) is 11.8. The lowest BCUT2D eigenvalue weighted by Crippen LogP contribution is -2.45. The maximum absolute atomic E-state index is 14.5. The summed E-state index contributed by atoms with van der Waals surface area (Å²) in [6.45, 7) is -3.93. The Hall–Kier alpha value is -6.22. The predicted molar refractivity (Wildman–Crippen MR) is 271 cm³/mol. The summed E-state index contributed by atoms with van der Waals surface area (Å²) < 4.78 is 168. The lowest BCUT2D eigenvalue weighted by Gasteiger charge is -2.32. The number of amides is 4. The van der Waals surface area contributed by atoms with Crippen molar-refractivity contribution in [2.45, 2.75) is 61.5 Å². The fourth-order valence-electron chi connectivity index (χ4n) is 9.38. The van der Waals surface area contributed by atoms with Gasteiger partial charge in [-0.1, -0.05) is 93.9 Å². The van der Waals surface area contributed by atoms with Crippen molar-refractivity contribution < 1.29 is 77.0 Å². The number of carbonyl (C=O) groups excluding carboxylic acids is 4. The number of aliphatic hydroxyl groups is 1. The number of nitrogens with one attached hydrogen (secondary N) is 1. The summed E-state index contributed by atoms with van der Waals surface area (Å²) >= 11 is 35.5. The molecule has 13 nitrogen and oxygen atoms in total. The average Bonchev–Trinajstić information content (AvgIpc) is 4.38. The van der Waals surface area contributed by atoms with Gasteiger partial charge in [-0.25, -0.2) is 19.9 Å². The number of aromatic nitrogens is 4. The van der Waals surface area contributed by atoms with Crippen LogP contribution in [-0.4, -0.2) is 92.1 Å². The van der Waals surface area contributed by atoms with Crippen LogP contribution >= 0.6 is 69.6 Å². The number of nitrogens with zero attached hydrogens (tertiary/aromatic N) is 7. The molecule has 2 N–H and O–H groups in total. The lowest BCUT2D eigenvalue weighted by molar-refractivity contribution is -0.185. The molecule has 0 spiro atoms. The summed E-state index contributed by atoms with van der Waals surface area (Å²) in [6.07, 6.45) is -19.1. The van der Waals surface area contributed by atoms with Gasteiger partial charge in [0.05, 0.1) is 65.5 Å². The molecule has 0 saturated carbocycles. The van der Waals surface area contributed by atoms with Crippen LogP contribution in [0.15, 0.2) is 85.2 Å². The van der Waals surface area contributed by atoms with Gasteiger partial charge in [-0.15, -0.1) is 0 Å². The summed E-state index contributed by atoms with van der Waals surface area (Å²) in [6, 6.07) is 16.7. The van der Waals surface area contributed by atoms with Crippen molar-refractivity contribution in [1.29, 1.82) is 0 Å². The molecule has 0 aliphatic carbocycles. The van der Waals surface area contributed by atoms with Crippen molar-refractivity contribution in [3.05, 3.63) is 171 Å². The normalized spacial score (nSPS) is 19.1. The van der Waals surface area contributed by atoms with Gasteiger partial charge in [0, 0.05) is 49.7 Å². The minimum Gasteiger partial charge on any atom is -0.392 e. The fraction of sp³-hybridized carbons (Fsp3) is 0.280. The molecule has 4 aliphatic heterocycles. The van der Waals surface area contributed by atoms with Crippen molar-refractivity contribution in [3.8, 4) is 0 Å². The molecular formula is C50H32Cl6F12N8O5. The standard InChI is InChI=1S/C25H15Cl3F6N4O2.C17H12Cl3F6N3O.C8H5NO2/c26-16-7-13(8-17(27)18(16)28)23(25(32,33)34)5-6-37(11-23)22-35-9-12(19(36-22)24(29,30)31)10-38-20(39)14-3-1-2-4-15(14)21(38)40;18-10-3-9(4-11(19)12(10)20)15(17(24,25)26)1-2-29(7-15)14-27-5-8(6-30)13(28-14)16(21,22)23;10-7-5-3-1-2-4-6(5)8(11)9-7/h1-4,7-9H,5-6,10-11H2;3-5,30H,1-2,6-7H2;1-4H,(H,9,10,11). The van der Waals surface area contributed by atoms with Crippen LogP contribution in [0.3, 0.4) is 0 Å². The van der Waals surface area contributed by atoms with Crippen LogP contribution in [-0.2, 0) is 36.3 Å². The average molecular weight is 1270 g/mol. The first-order valence-electron chi connectivity index (χ1n) is 23.0. The van der Waals surface area contributed by atoms with E-state index < -0.39 is 121 Å². The van der Waals surface area contributed by atoms with Gasteiger partial charge < -0.3 is 14.9 Å². The van der Waals surface area contributed by atoms with Crippen molar-refractivity contribution in [2.75, 3.05) is 36.0 Å². The van der Waals surface area contributed by atoms with E-state index in [2.05, 4.69) is 25.3 Å². The second kappa shape index (κ2) is 22.5. The van der Waals surface area contributed by atoms with Crippen molar-refractivity contribution in [1.82, 2.24) is 30.2 Å². The monoisotopic (exact) mass is 1260 g/mol. The first-order chi connectivity index (χ1) is 37.7. The Bertz CT molecular complexity index is 3410. The zero-order chi connectivity index (χ0) is 59.5. The number of rotatable bonds is 7. The van der Waals surface area contributed by atoms with E-state index in [4.69, 9.17) is 74.7 Å². The van der Waals surface area contributed by atoms with Crippen LogP contribution in [0.4, 0.5) is 64.6 Å². The summed E-state index contributed by atoms with van der Waals surface area (Å²) in [7, 11) is 0. The van der Waals surface area contributed by atoms with E-state index >= 15 is 0 Å². The molecular weight excluding hydrogens is 1230 g/mol. The number of hydrogen-bond acceptors (Lipinski definition) is 11. The number of imide groups is 2. The van der Waals surface area contributed by atoms with Gasteiger partial charge in [0.2, 0.25) is 11.9 Å². The lowest BCUT2D eigenvalue weighted by atomic mass is 9.79. The van der Waals surface area contributed by atoms with Crippen molar-refractivity contribution >= 4 is 105 Å². The number of aliphatic hydroxyl groups excluding tert-OH is 1.